The molecule has 1 unspecified atom stereocenters. The third-order valence-electron chi connectivity index (χ3n) is 2.23. The first kappa shape index (κ1) is 7.16. The summed E-state index contributed by atoms with van der Waals surface area (Å²) in [6.45, 7) is 0. The molecule has 3 nitrogen and oxygen atoms in total. The summed E-state index contributed by atoms with van der Waals surface area (Å²) in [5, 5.41) is 0. The Kier molecular flexibility index (Phi) is 1.45. The van der Waals surface area contributed by atoms with Crippen LogP contribution in [0.5, 0.6) is 0 Å². The van der Waals surface area contributed by atoms with E-state index >= 15 is 0 Å². The molecular formula is C7H8O3S. The Labute approximate surface area is 68.5 Å². The summed E-state index contributed by atoms with van der Waals surface area (Å²) in [5.74, 6) is 1.09. The van der Waals surface area contributed by atoms with Gasteiger partial charge in [0.25, 0.3) is 0 Å². The predicted molar refractivity (Wildman–Crippen MR) is 40.1 cm³/mol. The zero-order valence-corrected chi connectivity index (χ0v) is 6.78. The van der Waals surface area contributed by atoms with Crippen LogP contribution >= 0.6 is 11.8 Å². The number of esters is 2. The predicted octanol–water partition coefficient (Wildman–Crippen LogP) is 0.583. The zero-order chi connectivity index (χ0) is 7.90. The fourth-order valence-corrected chi connectivity index (χ4v) is 2.94. The molecule has 0 aromatic carbocycles. The van der Waals surface area contributed by atoms with E-state index < -0.39 is 5.41 Å². The number of ether oxygens (including phenoxy) is 1. The van der Waals surface area contributed by atoms with E-state index in [1.807, 2.05) is 0 Å². The summed E-state index contributed by atoms with van der Waals surface area (Å²) in [7, 11) is 0. The summed E-state index contributed by atoms with van der Waals surface area (Å²) < 4.78 is 4.51. The summed E-state index contributed by atoms with van der Waals surface area (Å²) in [5.41, 5.74) is -0.429. The maximum atomic E-state index is 11.2. The lowest BCUT2D eigenvalue weighted by molar-refractivity contribution is -0.154. The molecule has 0 aromatic heterocycles. The summed E-state index contributed by atoms with van der Waals surface area (Å²) >= 11 is 1.72. The van der Waals surface area contributed by atoms with Gasteiger partial charge >= 0.3 is 11.9 Å². The van der Waals surface area contributed by atoms with Crippen molar-refractivity contribution in [2.75, 3.05) is 11.5 Å². The van der Waals surface area contributed by atoms with E-state index in [9.17, 15) is 9.59 Å². The van der Waals surface area contributed by atoms with Gasteiger partial charge in [-0.1, -0.05) is 0 Å². The fourth-order valence-electron chi connectivity index (χ4n) is 1.50. The molecule has 11 heavy (non-hydrogen) atoms. The minimum absolute atomic E-state index is 0.299. The minimum atomic E-state index is -0.429. The Morgan fingerprint density at radius 3 is 2.73 bits per heavy atom. The van der Waals surface area contributed by atoms with E-state index in [2.05, 4.69) is 4.74 Å². The fraction of sp³-hybridized carbons (Fsp3) is 0.714. The van der Waals surface area contributed by atoms with E-state index in [1.54, 1.807) is 11.8 Å². The topological polar surface area (TPSA) is 43.4 Å². The molecule has 0 N–H and O–H groups in total. The highest BCUT2D eigenvalue weighted by molar-refractivity contribution is 7.99. The van der Waals surface area contributed by atoms with Gasteiger partial charge in [0.15, 0.2) is 0 Å². The van der Waals surface area contributed by atoms with Crippen molar-refractivity contribution in [3.8, 4) is 0 Å². The first-order valence-electron chi connectivity index (χ1n) is 3.56. The van der Waals surface area contributed by atoms with Crippen molar-refractivity contribution in [2.24, 2.45) is 5.41 Å². The minimum Gasteiger partial charge on any atom is -0.393 e. The van der Waals surface area contributed by atoms with Gasteiger partial charge < -0.3 is 4.74 Å². The standard InChI is InChI=1S/C7H8O3S/c8-5-3-7(6(9)10-5)1-2-11-4-7/h1-4H2. The Hall–Kier alpha value is -0.510. The van der Waals surface area contributed by atoms with E-state index in [0.29, 0.717) is 6.42 Å². The van der Waals surface area contributed by atoms with Gasteiger partial charge in [-0.2, -0.15) is 11.8 Å². The van der Waals surface area contributed by atoms with Crippen LogP contribution in [0.2, 0.25) is 0 Å². The molecular weight excluding hydrogens is 164 g/mol. The average molecular weight is 172 g/mol. The van der Waals surface area contributed by atoms with Crippen LogP contribution < -0.4 is 0 Å². The Morgan fingerprint density at radius 1 is 1.45 bits per heavy atom. The van der Waals surface area contributed by atoms with Crippen LogP contribution in [-0.2, 0) is 14.3 Å². The number of hydrogen-bond acceptors (Lipinski definition) is 4. The number of cyclic esters (lactones) is 2. The number of rotatable bonds is 0. The highest BCUT2D eigenvalue weighted by atomic mass is 32.2. The molecule has 1 spiro atoms. The first-order chi connectivity index (χ1) is 5.23. The van der Waals surface area contributed by atoms with Crippen molar-refractivity contribution in [3.05, 3.63) is 0 Å². The van der Waals surface area contributed by atoms with Crippen LogP contribution in [0, 0.1) is 5.41 Å². The van der Waals surface area contributed by atoms with Crippen molar-refractivity contribution in [1.29, 1.82) is 0 Å². The molecule has 2 fully saturated rings. The maximum Gasteiger partial charge on any atom is 0.321 e. The van der Waals surface area contributed by atoms with Crippen LogP contribution in [0.3, 0.4) is 0 Å². The van der Waals surface area contributed by atoms with Crippen LogP contribution in [0.15, 0.2) is 0 Å². The summed E-state index contributed by atoms with van der Waals surface area (Å²) in [4.78, 5) is 21.9. The normalized spacial score (nSPS) is 36.7. The van der Waals surface area contributed by atoms with E-state index in [0.717, 1.165) is 17.9 Å². The SMILES string of the molecule is O=C1CC2(CCSC2)C(=O)O1. The molecule has 4 heteroatoms. The van der Waals surface area contributed by atoms with Gasteiger partial charge in [0.1, 0.15) is 0 Å². The molecule has 2 heterocycles. The first-order valence-corrected chi connectivity index (χ1v) is 4.71. The highest BCUT2D eigenvalue weighted by Gasteiger charge is 2.50. The third-order valence-corrected chi connectivity index (χ3v) is 3.48. The molecule has 0 bridgehead atoms. The molecule has 2 aliphatic rings. The number of hydrogen-bond donors (Lipinski definition) is 0. The second-order valence-corrected chi connectivity index (χ2v) is 4.13. The molecule has 0 aliphatic carbocycles. The molecule has 2 saturated heterocycles. The Morgan fingerprint density at radius 2 is 2.27 bits per heavy atom. The quantitative estimate of drug-likeness (QED) is 0.396. The molecule has 0 amide bonds. The van der Waals surface area contributed by atoms with Gasteiger partial charge in [-0.25, -0.2) is 0 Å². The van der Waals surface area contributed by atoms with Crippen molar-refractivity contribution < 1.29 is 14.3 Å². The lowest BCUT2D eigenvalue weighted by atomic mass is 9.86. The second kappa shape index (κ2) is 2.24. The van der Waals surface area contributed by atoms with Crippen LogP contribution in [0.4, 0.5) is 0 Å². The second-order valence-electron chi connectivity index (χ2n) is 3.02. The maximum absolute atomic E-state index is 11.2. The summed E-state index contributed by atoms with van der Waals surface area (Å²) in [6, 6.07) is 0. The monoisotopic (exact) mass is 172 g/mol. The van der Waals surface area contributed by atoms with E-state index in [-0.39, 0.29) is 11.9 Å². The molecule has 0 saturated carbocycles. The number of carbonyl (C=O) groups excluding carboxylic acids is 2. The van der Waals surface area contributed by atoms with Crippen molar-refractivity contribution in [3.63, 3.8) is 0 Å². The molecule has 2 aliphatic heterocycles. The number of thioether (sulfide) groups is 1. The largest absolute Gasteiger partial charge is 0.393 e. The van der Waals surface area contributed by atoms with Gasteiger partial charge in [0.05, 0.1) is 11.8 Å². The van der Waals surface area contributed by atoms with Crippen molar-refractivity contribution >= 4 is 23.7 Å². The van der Waals surface area contributed by atoms with Gasteiger partial charge in [0, 0.05) is 5.75 Å². The smallest absolute Gasteiger partial charge is 0.321 e. The molecule has 0 radical (unpaired) electrons. The van der Waals surface area contributed by atoms with Gasteiger partial charge in [-0.05, 0) is 12.2 Å². The average Bonchev–Trinajstić information content (AvgIpc) is 2.45. The third kappa shape index (κ3) is 0.965. The van der Waals surface area contributed by atoms with Crippen molar-refractivity contribution in [1.82, 2.24) is 0 Å². The number of carbonyl (C=O) groups is 2. The lowest BCUT2D eigenvalue weighted by Gasteiger charge is -2.12. The van der Waals surface area contributed by atoms with Crippen LogP contribution in [0.1, 0.15) is 12.8 Å². The van der Waals surface area contributed by atoms with E-state index in [1.165, 1.54) is 0 Å². The van der Waals surface area contributed by atoms with Gasteiger partial charge in [-0.15, -0.1) is 0 Å². The molecule has 0 aromatic rings. The van der Waals surface area contributed by atoms with Gasteiger partial charge in [-0.3, -0.25) is 9.59 Å². The van der Waals surface area contributed by atoms with Crippen LogP contribution in [0.25, 0.3) is 0 Å². The Bertz CT molecular complexity index is 218. The molecule has 60 valence electrons. The van der Waals surface area contributed by atoms with Gasteiger partial charge in [0.2, 0.25) is 0 Å². The summed E-state index contributed by atoms with van der Waals surface area (Å²) in [6.07, 6.45) is 1.11. The lowest BCUT2D eigenvalue weighted by Crippen LogP contribution is -2.25. The van der Waals surface area contributed by atoms with Crippen molar-refractivity contribution in [2.45, 2.75) is 12.8 Å². The van der Waals surface area contributed by atoms with E-state index in [4.69, 9.17) is 0 Å². The molecule has 2 rings (SSSR count). The Balaban J connectivity index is 2.24. The van der Waals surface area contributed by atoms with Crippen LogP contribution in [-0.4, -0.2) is 23.4 Å². The zero-order valence-electron chi connectivity index (χ0n) is 5.96. The highest BCUT2D eigenvalue weighted by Crippen LogP contribution is 2.43. The molecule has 1 atom stereocenters.